The molecule has 2 rings (SSSR count). The van der Waals surface area contributed by atoms with E-state index in [-0.39, 0.29) is 12.4 Å². The minimum Gasteiger partial charge on any atom is -0.384 e. The third-order valence-corrected chi connectivity index (χ3v) is 3.96. The minimum absolute atomic E-state index is 0.204. The largest absolute Gasteiger partial charge is 0.384 e. The van der Waals surface area contributed by atoms with Crippen molar-refractivity contribution >= 4 is 0 Å². The molecule has 1 fully saturated rings. The van der Waals surface area contributed by atoms with Crippen molar-refractivity contribution in [2.45, 2.75) is 25.4 Å². The fraction of sp³-hybridized carbons (Fsp3) is 0.529. The van der Waals surface area contributed by atoms with Crippen molar-refractivity contribution in [3.05, 3.63) is 35.1 Å². The van der Waals surface area contributed by atoms with Gasteiger partial charge in [-0.25, -0.2) is 4.39 Å². The second-order valence-electron chi connectivity index (χ2n) is 5.78. The molecular formula is C17H23FN2O. The summed E-state index contributed by atoms with van der Waals surface area (Å²) in [5.74, 6) is 5.06. The van der Waals surface area contributed by atoms with Gasteiger partial charge in [-0.2, -0.15) is 0 Å². The number of aliphatic hydroxyl groups is 1. The van der Waals surface area contributed by atoms with Crippen molar-refractivity contribution in [1.29, 1.82) is 0 Å². The van der Waals surface area contributed by atoms with Crippen LogP contribution in [0.4, 0.5) is 4.39 Å². The fourth-order valence-corrected chi connectivity index (χ4v) is 2.81. The van der Waals surface area contributed by atoms with Crippen molar-refractivity contribution in [1.82, 2.24) is 9.80 Å². The summed E-state index contributed by atoms with van der Waals surface area (Å²) in [6.45, 7) is 2.63. The number of hydrogen-bond acceptors (Lipinski definition) is 3. The van der Waals surface area contributed by atoms with Gasteiger partial charge in [0.1, 0.15) is 12.4 Å². The fourth-order valence-electron chi connectivity index (χ4n) is 2.81. The van der Waals surface area contributed by atoms with E-state index < -0.39 is 0 Å². The number of aliphatic hydroxyl groups excluding tert-OH is 1. The second-order valence-corrected chi connectivity index (χ2v) is 5.78. The van der Waals surface area contributed by atoms with Crippen LogP contribution in [-0.2, 0) is 6.54 Å². The monoisotopic (exact) mass is 290 g/mol. The average molecular weight is 290 g/mol. The third-order valence-electron chi connectivity index (χ3n) is 3.96. The molecule has 0 saturated carbocycles. The Labute approximate surface area is 126 Å². The van der Waals surface area contributed by atoms with Gasteiger partial charge >= 0.3 is 0 Å². The first-order valence-electron chi connectivity index (χ1n) is 7.36. The lowest BCUT2D eigenvalue weighted by molar-refractivity contribution is 0.140. The molecule has 0 unspecified atom stereocenters. The van der Waals surface area contributed by atoms with Crippen molar-refractivity contribution in [3.8, 4) is 11.8 Å². The van der Waals surface area contributed by atoms with Crippen LogP contribution in [0.25, 0.3) is 0 Å². The lowest BCUT2D eigenvalue weighted by Gasteiger charge is -2.35. The maximum absolute atomic E-state index is 13.6. The van der Waals surface area contributed by atoms with Crippen LogP contribution in [-0.4, -0.2) is 54.7 Å². The Hall–Kier alpha value is -1.41. The van der Waals surface area contributed by atoms with Crippen LogP contribution >= 0.6 is 0 Å². The summed E-state index contributed by atoms with van der Waals surface area (Å²) in [6, 6.07) is 5.54. The number of rotatable bonds is 3. The molecule has 0 aromatic heterocycles. The van der Waals surface area contributed by atoms with Crippen molar-refractivity contribution in [3.63, 3.8) is 0 Å². The molecule has 1 aliphatic heterocycles. The van der Waals surface area contributed by atoms with E-state index in [2.05, 4.69) is 35.7 Å². The lowest BCUT2D eigenvalue weighted by Crippen LogP contribution is -2.41. The molecule has 1 aromatic carbocycles. The molecule has 0 aliphatic carbocycles. The summed E-state index contributed by atoms with van der Waals surface area (Å²) < 4.78 is 13.6. The SMILES string of the molecule is CN(C)C1CCN(Cc2cc(F)cc(C#CCO)c2)CC1. The van der Waals surface area contributed by atoms with E-state index >= 15 is 0 Å². The van der Waals surface area contributed by atoms with Crippen LogP contribution in [0.15, 0.2) is 18.2 Å². The molecule has 1 heterocycles. The van der Waals surface area contributed by atoms with E-state index in [9.17, 15) is 4.39 Å². The maximum atomic E-state index is 13.6. The third kappa shape index (κ3) is 4.82. The summed E-state index contributed by atoms with van der Waals surface area (Å²) in [5.41, 5.74) is 1.57. The quantitative estimate of drug-likeness (QED) is 0.858. The van der Waals surface area contributed by atoms with Crippen LogP contribution in [0.1, 0.15) is 24.0 Å². The number of halogens is 1. The average Bonchev–Trinajstić information content (AvgIpc) is 2.45. The predicted molar refractivity (Wildman–Crippen MR) is 82.3 cm³/mol. The molecule has 1 aliphatic rings. The number of piperidine rings is 1. The molecular weight excluding hydrogens is 267 g/mol. The lowest BCUT2D eigenvalue weighted by atomic mass is 10.0. The Morgan fingerprint density at radius 2 is 2.00 bits per heavy atom. The summed E-state index contributed by atoms with van der Waals surface area (Å²) in [7, 11) is 4.25. The zero-order valence-electron chi connectivity index (χ0n) is 12.8. The summed E-state index contributed by atoms with van der Waals surface area (Å²) in [6.07, 6.45) is 2.30. The molecule has 3 nitrogen and oxygen atoms in total. The van der Waals surface area contributed by atoms with Gasteiger partial charge in [-0.05, 0) is 63.8 Å². The first-order chi connectivity index (χ1) is 10.1. The smallest absolute Gasteiger partial charge is 0.124 e. The highest BCUT2D eigenvalue weighted by molar-refractivity contribution is 5.37. The molecule has 1 aromatic rings. The molecule has 4 heteroatoms. The van der Waals surface area contributed by atoms with E-state index in [1.807, 2.05) is 6.07 Å². The number of benzene rings is 1. The van der Waals surface area contributed by atoms with E-state index in [4.69, 9.17) is 5.11 Å². The Morgan fingerprint density at radius 3 is 2.62 bits per heavy atom. The molecule has 114 valence electrons. The van der Waals surface area contributed by atoms with E-state index in [0.717, 1.165) is 38.0 Å². The zero-order valence-corrected chi connectivity index (χ0v) is 12.8. The van der Waals surface area contributed by atoms with Crippen molar-refractivity contribution < 1.29 is 9.50 Å². The summed E-state index contributed by atoms with van der Waals surface area (Å²) in [4.78, 5) is 4.64. The molecule has 0 atom stereocenters. The van der Waals surface area contributed by atoms with E-state index in [1.54, 1.807) is 6.07 Å². The minimum atomic E-state index is -0.266. The van der Waals surface area contributed by atoms with Crippen molar-refractivity contribution in [2.75, 3.05) is 33.8 Å². The van der Waals surface area contributed by atoms with Gasteiger partial charge in [0, 0.05) is 18.2 Å². The highest BCUT2D eigenvalue weighted by Gasteiger charge is 2.20. The van der Waals surface area contributed by atoms with Gasteiger partial charge in [-0.3, -0.25) is 4.90 Å². The molecule has 0 radical (unpaired) electrons. The Bertz CT molecular complexity index is 525. The normalized spacial score (nSPS) is 16.8. The Balaban J connectivity index is 1.99. The van der Waals surface area contributed by atoms with Crippen LogP contribution in [0, 0.1) is 17.7 Å². The van der Waals surface area contributed by atoms with Crippen LogP contribution in [0.2, 0.25) is 0 Å². The first kappa shape index (κ1) is 16.0. The predicted octanol–water partition coefficient (Wildman–Crippen LogP) is 1.70. The van der Waals surface area contributed by atoms with Gasteiger partial charge in [0.2, 0.25) is 0 Å². The van der Waals surface area contributed by atoms with Crippen LogP contribution < -0.4 is 0 Å². The van der Waals surface area contributed by atoms with Crippen LogP contribution in [0.3, 0.4) is 0 Å². The number of hydrogen-bond donors (Lipinski definition) is 1. The molecule has 1 N–H and O–H groups in total. The van der Waals surface area contributed by atoms with Gasteiger partial charge < -0.3 is 10.0 Å². The summed E-state index contributed by atoms with van der Waals surface area (Å²) >= 11 is 0. The first-order valence-corrected chi connectivity index (χ1v) is 7.36. The van der Waals surface area contributed by atoms with Gasteiger partial charge in [-0.1, -0.05) is 11.8 Å². The van der Waals surface area contributed by atoms with Crippen molar-refractivity contribution in [2.24, 2.45) is 0 Å². The molecule has 0 amide bonds. The standard InChI is InChI=1S/C17H23FN2O/c1-19(2)17-5-7-20(8-6-17)13-15-10-14(4-3-9-21)11-16(18)12-15/h10-12,17,21H,5-9,13H2,1-2H3. The topological polar surface area (TPSA) is 26.7 Å². The van der Waals surface area contributed by atoms with Gasteiger partial charge in [0.05, 0.1) is 0 Å². The Kier molecular flexibility index (Phi) is 5.75. The Morgan fingerprint density at radius 1 is 1.29 bits per heavy atom. The zero-order chi connectivity index (χ0) is 15.2. The highest BCUT2D eigenvalue weighted by Crippen LogP contribution is 2.18. The second kappa shape index (κ2) is 7.56. The molecule has 0 spiro atoms. The van der Waals surface area contributed by atoms with Gasteiger partial charge in [-0.15, -0.1) is 0 Å². The van der Waals surface area contributed by atoms with Crippen LogP contribution in [0.5, 0.6) is 0 Å². The maximum Gasteiger partial charge on any atom is 0.124 e. The molecule has 21 heavy (non-hydrogen) atoms. The highest BCUT2D eigenvalue weighted by atomic mass is 19.1. The van der Waals surface area contributed by atoms with E-state index in [0.29, 0.717) is 11.6 Å². The van der Waals surface area contributed by atoms with E-state index in [1.165, 1.54) is 6.07 Å². The number of likely N-dealkylation sites (tertiary alicyclic amines) is 1. The summed E-state index contributed by atoms with van der Waals surface area (Å²) in [5, 5.41) is 8.72. The number of nitrogens with zero attached hydrogens (tertiary/aromatic N) is 2. The molecule has 1 saturated heterocycles. The molecule has 0 bridgehead atoms. The van der Waals surface area contributed by atoms with Gasteiger partial charge in [0.25, 0.3) is 0 Å². The van der Waals surface area contributed by atoms with Gasteiger partial charge in [0.15, 0.2) is 0 Å².